The third kappa shape index (κ3) is 2.31. The minimum absolute atomic E-state index is 0.0384. The minimum atomic E-state index is -0.0384. The largest absolute Gasteiger partial charge is 0.379 e. The summed E-state index contributed by atoms with van der Waals surface area (Å²) in [4.78, 5) is 9.02. The summed E-state index contributed by atoms with van der Waals surface area (Å²) in [5.74, 6) is 2.26. The maximum atomic E-state index is 6.20. The van der Waals surface area contributed by atoms with Gasteiger partial charge in [-0.25, -0.2) is 9.97 Å². The Hall–Kier alpha value is -0.870. The van der Waals surface area contributed by atoms with Crippen molar-refractivity contribution in [3.8, 4) is 0 Å². The molecule has 1 unspecified atom stereocenters. The molecule has 0 spiro atoms. The smallest absolute Gasteiger partial charge is 0.137 e. The van der Waals surface area contributed by atoms with E-state index in [0.717, 1.165) is 30.2 Å². The summed E-state index contributed by atoms with van der Waals surface area (Å²) in [6.45, 7) is 5.64. The van der Waals surface area contributed by atoms with Crippen LogP contribution in [0.15, 0.2) is 0 Å². The van der Waals surface area contributed by atoms with E-state index in [-0.39, 0.29) is 5.54 Å². The van der Waals surface area contributed by atoms with Gasteiger partial charge in [0.15, 0.2) is 0 Å². The average molecular weight is 268 g/mol. The molecule has 1 N–H and O–H groups in total. The molecule has 2 heterocycles. The molecule has 1 atom stereocenters. The van der Waals surface area contributed by atoms with Gasteiger partial charge in [0.05, 0.1) is 12.1 Å². The van der Waals surface area contributed by atoms with E-state index in [1.165, 1.54) is 12.8 Å². The molecule has 0 amide bonds. The summed E-state index contributed by atoms with van der Waals surface area (Å²) in [5.41, 5.74) is 0.887. The van der Waals surface area contributed by atoms with Gasteiger partial charge < -0.3 is 10.1 Å². The van der Waals surface area contributed by atoms with Crippen molar-refractivity contribution in [3.63, 3.8) is 0 Å². The number of aromatic nitrogens is 2. The number of hydrogen-bond acceptors (Lipinski definition) is 4. The van der Waals surface area contributed by atoms with Crippen LogP contribution >= 0.6 is 11.6 Å². The average Bonchev–Trinajstić information content (AvgIpc) is 3.09. The Morgan fingerprint density at radius 2 is 2.17 bits per heavy atom. The van der Waals surface area contributed by atoms with Gasteiger partial charge in [0, 0.05) is 18.1 Å². The Balaban J connectivity index is 1.89. The van der Waals surface area contributed by atoms with Crippen molar-refractivity contribution in [3.05, 3.63) is 16.5 Å². The van der Waals surface area contributed by atoms with Crippen LogP contribution < -0.4 is 5.32 Å². The molecule has 18 heavy (non-hydrogen) atoms. The van der Waals surface area contributed by atoms with Crippen LogP contribution in [0, 0.1) is 6.92 Å². The predicted molar refractivity (Wildman–Crippen MR) is 71.2 cm³/mol. The van der Waals surface area contributed by atoms with Gasteiger partial charge in [0.2, 0.25) is 0 Å². The monoisotopic (exact) mass is 267 g/mol. The molecule has 1 aromatic rings. The molecule has 0 aromatic carbocycles. The number of nitrogens with zero attached hydrogens (tertiary/aromatic N) is 2. The van der Waals surface area contributed by atoms with Crippen molar-refractivity contribution < 1.29 is 4.74 Å². The van der Waals surface area contributed by atoms with Gasteiger partial charge in [0.25, 0.3) is 0 Å². The molecule has 0 bridgehead atoms. The first kappa shape index (κ1) is 12.2. The van der Waals surface area contributed by atoms with E-state index in [2.05, 4.69) is 22.2 Å². The zero-order chi connectivity index (χ0) is 12.8. The molecule has 1 aliphatic carbocycles. The fourth-order valence-corrected chi connectivity index (χ4v) is 2.38. The highest BCUT2D eigenvalue weighted by atomic mass is 35.5. The second kappa shape index (κ2) is 4.35. The first-order valence-electron chi connectivity index (χ1n) is 6.47. The van der Waals surface area contributed by atoms with Crippen LogP contribution in [-0.2, 0) is 4.74 Å². The molecule has 2 aliphatic rings. The lowest BCUT2D eigenvalue weighted by Gasteiger charge is -2.25. The van der Waals surface area contributed by atoms with Crippen LogP contribution in [0.3, 0.4) is 0 Å². The van der Waals surface area contributed by atoms with Crippen molar-refractivity contribution >= 4 is 17.4 Å². The maximum Gasteiger partial charge on any atom is 0.137 e. The molecule has 98 valence electrons. The van der Waals surface area contributed by atoms with Crippen LogP contribution in [-0.4, -0.2) is 28.7 Å². The summed E-state index contributed by atoms with van der Waals surface area (Å²) in [6, 6.07) is 0. The van der Waals surface area contributed by atoms with Crippen molar-refractivity contribution in [2.24, 2.45) is 0 Å². The fourth-order valence-electron chi connectivity index (χ4n) is 2.20. The van der Waals surface area contributed by atoms with Gasteiger partial charge in [-0.1, -0.05) is 11.6 Å². The summed E-state index contributed by atoms with van der Waals surface area (Å²) in [5, 5.41) is 4.06. The Kier molecular flexibility index (Phi) is 2.94. The van der Waals surface area contributed by atoms with Crippen molar-refractivity contribution in [1.82, 2.24) is 9.97 Å². The SMILES string of the molecule is Cc1c(Cl)nc(C2CC2)nc1NC1(C)CCOC1. The normalized spacial score (nSPS) is 27.5. The van der Waals surface area contributed by atoms with Crippen molar-refractivity contribution in [2.75, 3.05) is 18.5 Å². The zero-order valence-electron chi connectivity index (χ0n) is 10.8. The number of halogens is 1. The predicted octanol–water partition coefficient (Wildman–Crippen LogP) is 2.91. The number of ether oxygens (including phenoxy) is 1. The van der Waals surface area contributed by atoms with Gasteiger partial charge in [-0.05, 0) is 33.1 Å². The van der Waals surface area contributed by atoms with Gasteiger partial charge in [-0.2, -0.15) is 0 Å². The molecule has 4 nitrogen and oxygen atoms in total. The van der Waals surface area contributed by atoms with Gasteiger partial charge >= 0.3 is 0 Å². The van der Waals surface area contributed by atoms with Gasteiger partial charge in [0.1, 0.15) is 16.8 Å². The third-order valence-electron chi connectivity index (χ3n) is 3.69. The second-order valence-electron chi connectivity index (χ2n) is 5.61. The molecule has 1 saturated carbocycles. The summed E-state index contributed by atoms with van der Waals surface area (Å²) in [6.07, 6.45) is 3.35. The lowest BCUT2D eigenvalue weighted by atomic mass is 10.0. The number of hydrogen-bond donors (Lipinski definition) is 1. The Bertz CT molecular complexity index is 468. The maximum absolute atomic E-state index is 6.20. The summed E-state index contributed by atoms with van der Waals surface area (Å²) < 4.78 is 5.45. The summed E-state index contributed by atoms with van der Waals surface area (Å²) >= 11 is 6.20. The van der Waals surface area contributed by atoms with E-state index in [4.69, 9.17) is 16.3 Å². The molecular formula is C13H18ClN3O. The topological polar surface area (TPSA) is 47.0 Å². The van der Waals surface area contributed by atoms with Crippen LogP contribution in [0.4, 0.5) is 5.82 Å². The highest BCUT2D eigenvalue weighted by Crippen LogP contribution is 2.40. The van der Waals surface area contributed by atoms with Crippen LogP contribution in [0.5, 0.6) is 0 Å². The third-order valence-corrected chi connectivity index (χ3v) is 4.05. The van der Waals surface area contributed by atoms with Gasteiger partial charge in [-0.15, -0.1) is 0 Å². The lowest BCUT2D eigenvalue weighted by molar-refractivity contribution is 0.185. The number of anilines is 1. The van der Waals surface area contributed by atoms with E-state index >= 15 is 0 Å². The first-order valence-corrected chi connectivity index (χ1v) is 6.85. The van der Waals surface area contributed by atoms with E-state index < -0.39 is 0 Å². The van der Waals surface area contributed by atoms with Crippen molar-refractivity contribution in [2.45, 2.75) is 44.6 Å². The van der Waals surface area contributed by atoms with E-state index in [1.807, 2.05) is 6.92 Å². The van der Waals surface area contributed by atoms with E-state index in [1.54, 1.807) is 0 Å². The molecule has 0 radical (unpaired) electrons. The lowest BCUT2D eigenvalue weighted by Crippen LogP contribution is -2.35. The first-order chi connectivity index (χ1) is 8.57. The fraction of sp³-hybridized carbons (Fsp3) is 0.692. The van der Waals surface area contributed by atoms with Crippen LogP contribution in [0.2, 0.25) is 5.15 Å². The molecule has 3 rings (SSSR count). The molecule has 1 aromatic heterocycles. The number of nitrogens with one attached hydrogen (secondary N) is 1. The molecule has 1 saturated heterocycles. The Morgan fingerprint density at radius 3 is 2.78 bits per heavy atom. The minimum Gasteiger partial charge on any atom is -0.379 e. The van der Waals surface area contributed by atoms with Crippen LogP contribution in [0.1, 0.15) is 43.5 Å². The van der Waals surface area contributed by atoms with Crippen molar-refractivity contribution in [1.29, 1.82) is 0 Å². The highest BCUT2D eigenvalue weighted by molar-refractivity contribution is 6.30. The zero-order valence-corrected chi connectivity index (χ0v) is 11.5. The molecule has 1 aliphatic heterocycles. The number of rotatable bonds is 3. The molecular weight excluding hydrogens is 250 g/mol. The Morgan fingerprint density at radius 1 is 1.39 bits per heavy atom. The second-order valence-corrected chi connectivity index (χ2v) is 5.97. The van der Waals surface area contributed by atoms with E-state index in [9.17, 15) is 0 Å². The summed E-state index contributed by atoms with van der Waals surface area (Å²) in [7, 11) is 0. The van der Waals surface area contributed by atoms with Gasteiger partial charge in [-0.3, -0.25) is 0 Å². The molecule has 5 heteroatoms. The van der Waals surface area contributed by atoms with Crippen LogP contribution in [0.25, 0.3) is 0 Å². The standard InChI is InChI=1S/C13H18ClN3O/c1-8-10(14)15-12(9-3-4-9)16-11(8)17-13(2)5-6-18-7-13/h9H,3-7H2,1-2H3,(H,15,16,17). The Labute approximate surface area is 112 Å². The highest BCUT2D eigenvalue weighted by Gasteiger charge is 2.32. The quantitative estimate of drug-likeness (QED) is 0.856. The van der Waals surface area contributed by atoms with E-state index in [0.29, 0.717) is 17.7 Å². The molecule has 2 fully saturated rings.